The second kappa shape index (κ2) is 14.2. The fourth-order valence-electron chi connectivity index (χ4n) is 8.61. The maximum atomic E-state index is 8.88. The molecule has 3 aromatic heterocycles. The van der Waals surface area contributed by atoms with E-state index in [4.69, 9.17) is 31.6 Å². The minimum absolute atomic E-state index is 0.0539. The van der Waals surface area contributed by atoms with E-state index in [1.54, 1.807) is 0 Å². The molecule has 9 rings (SSSR count). The van der Waals surface area contributed by atoms with E-state index < -0.39 is 0 Å². The van der Waals surface area contributed by atoms with E-state index in [2.05, 4.69) is 107 Å². The summed E-state index contributed by atoms with van der Waals surface area (Å²) in [5.41, 5.74) is 13.9. The van der Waals surface area contributed by atoms with Gasteiger partial charge in [-0.25, -0.2) is 9.97 Å². The van der Waals surface area contributed by atoms with Crippen molar-refractivity contribution in [2.75, 3.05) is 0 Å². The molecule has 4 N–H and O–H groups in total. The van der Waals surface area contributed by atoms with Gasteiger partial charge in [0.2, 0.25) is 0 Å². The number of benzene rings is 3. The topological polar surface area (TPSA) is 121 Å². The van der Waals surface area contributed by atoms with E-state index >= 15 is 0 Å². The van der Waals surface area contributed by atoms with Crippen molar-refractivity contribution in [2.45, 2.75) is 50.9 Å². The first-order chi connectivity index (χ1) is 27.4. The van der Waals surface area contributed by atoms with Gasteiger partial charge in [-0.3, -0.25) is 21.6 Å². The molecule has 0 spiro atoms. The number of hydrogen-bond acceptors (Lipinski definition) is 9. The second-order valence-electron chi connectivity index (χ2n) is 15.7. The summed E-state index contributed by atoms with van der Waals surface area (Å²) in [6.45, 7) is 9.12. The van der Waals surface area contributed by atoms with Crippen LogP contribution in [-0.4, -0.2) is 30.1 Å². The Kier molecular flexibility index (Phi) is 9.22. The van der Waals surface area contributed by atoms with Gasteiger partial charge in [0.05, 0.1) is 32.5 Å². The van der Waals surface area contributed by atoms with Crippen molar-refractivity contribution in [3.05, 3.63) is 182 Å². The third-order valence-corrected chi connectivity index (χ3v) is 14.6. The number of aromatic nitrogens is 2. The second-order valence-corrected chi connectivity index (χ2v) is 18.8. The van der Waals surface area contributed by atoms with Crippen LogP contribution in [0, 0.1) is 21.6 Å². The lowest BCUT2D eigenvalue weighted by Gasteiger charge is -2.27. The molecule has 1 atom stereocenters. The summed E-state index contributed by atoms with van der Waals surface area (Å²) in [6.07, 6.45) is 5.47. The Labute approximate surface area is 345 Å². The van der Waals surface area contributed by atoms with Crippen molar-refractivity contribution in [1.29, 1.82) is 21.6 Å². The molecule has 280 valence electrons. The molecule has 0 fully saturated rings. The lowest BCUT2D eigenvalue weighted by Crippen LogP contribution is -2.18. The summed E-state index contributed by atoms with van der Waals surface area (Å²) < 4.78 is 0. The van der Waals surface area contributed by atoms with E-state index in [1.807, 2.05) is 48.5 Å². The first-order valence-corrected chi connectivity index (χ1v) is 21.4. The highest BCUT2D eigenvalue weighted by Crippen LogP contribution is 2.54. The molecule has 0 saturated heterocycles. The Morgan fingerprint density at radius 1 is 0.596 bits per heavy atom. The number of nitrogens with one attached hydrogen (secondary N) is 4. The summed E-state index contributed by atoms with van der Waals surface area (Å²) in [4.78, 5) is 11.1. The average Bonchev–Trinajstić information content (AvgIpc) is 3.88. The first kappa shape index (κ1) is 37.1. The molecule has 6 nitrogen and oxygen atoms in total. The van der Waals surface area contributed by atoms with Gasteiger partial charge in [-0.2, -0.15) is 0 Å². The molecule has 3 aliphatic carbocycles. The van der Waals surface area contributed by atoms with Crippen LogP contribution in [0.5, 0.6) is 0 Å². The number of pyridine rings is 2. The molecule has 1 unspecified atom stereocenters. The van der Waals surface area contributed by atoms with Crippen LogP contribution >= 0.6 is 34.9 Å². The SMILES string of the molecule is CC1(C)C2=CC(c3cccc(C(=N)SC(=N)c4ccc(C(=N)SC(=N)c5cccc(-c6ccc7c(c6)C(C)(C)c6ccccc6-7)n5)s4)n3)=CCC2c2ccccc21. The molecule has 0 radical (unpaired) electrons. The molecule has 0 aliphatic heterocycles. The molecule has 9 heteroatoms. The van der Waals surface area contributed by atoms with Gasteiger partial charge in [0, 0.05) is 22.3 Å². The molecular weight excluding hydrogens is 757 g/mol. The van der Waals surface area contributed by atoms with Crippen molar-refractivity contribution < 1.29 is 0 Å². The van der Waals surface area contributed by atoms with E-state index in [0.29, 0.717) is 27.1 Å². The molecule has 57 heavy (non-hydrogen) atoms. The molecule has 3 heterocycles. The van der Waals surface area contributed by atoms with Crippen molar-refractivity contribution >= 4 is 60.6 Å². The summed E-state index contributed by atoms with van der Waals surface area (Å²) >= 11 is 3.42. The van der Waals surface area contributed by atoms with Crippen molar-refractivity contribution in [3.8, 4) is 22.4 Å². The minimum Gasteiger partial charge on any atom is -0.292 e. The lowest BCUT2D eigenvalue weighted by molar-refractivity contribution is 0.613. The van der Waals surface area contributed by atoms with Crippen LogP contribution < -0.4 is 0 Å². The quantitative estimate of drug-likeness (QED) is 0.0990. The molecule has 3 aromatic carbocycles. The molecule has 0 bridgehead atoms. The number of hydrogen-bond donors (Lipinski definition) is 4. The maximum Gasteiger partial charge on any atom is 0.119 e. The largest absolute Gasteiger partial charge is 0.292 e. The van der Waals surface area contributed by atoms with Crippen LogP contribution in [-0.2, 0) is 10.8 Å². The molecule has 0 amide bonds. The fourth-order valence-corrected chi connectivity index (χ4v) is 11.0. The first-order valence-electron chi connectivity index (χ1n) is 18.9. The van der Waals surface area contributed by atoms with Crippen molar-refractivity contribution in [3.63, 3.8) is 0 Å². The monoisotopic (exact) mass is 796 g/mol. The van der Waals surface area contributed by atoms with Gasteiger partial charge in [0.25, 0.3) is 0 Å². The van der Waals surface area contributed by atoms with E-state index in [-0.39, 0.29) is 31.0 Å². The van der Waals surface area contributed by atoms with Gasteiger partial charge in [-0.15, -0.1) is 11.3 Å². The van der Waals surface area contributed by atoms with Gasteiger partial charge in [0.15, 0.2) is 0 Å². The Morgan fingerprint density at radius 3 is 1.89 bits per heavy atom. The van der Waals surface area contributed by atoms with Gasteiger partial charge in [-0.05, 0) is 111 Å². The Bertz CT molecular complexity index is 2770. The fraction of sp³-hybridized carbons (Fsp3) is 0.167. The van der Waals surface area contributed by atoms with Crippen LogP contribution in [0.2, 0.25) is 0 Å². The predicted octanol–water partition coefficient (Wildman–Crippen LogP) is 12.5. The number of thioether (sulfide) groups is 2. The minimum atomic E-state index is -0.121. The predicted molar refractivity (Wildman–Crippen MR) is 241 cm³/mol. The third-order valence-electron chi connectivity index (χ3n) is 11.6. The van der Waals surface area contributed by atoms with Crippen LogP contribution in [0.4, 0.5) is 0 Å². The number of allylic oxidation sites excluding steroid dienone is 4. The molecular formula is C48H40N6S3. The lowest BCUT2D eigenvalue weighted by atomic mass is 9.77. The normalized spacial score (nSPS) is 16.7. The zero-order chi connectivity index (χ0) is 39.6. The third kappa shape index (κ3) is 6.48. The number of thiophene rings is 1. The van der Waals surface area contributed by atoms with E-state index in [1.165, 1.54) is 50.3 Å². The highest BCUT2D eigenvalue weighted by Gasteiger charge is 2.42. The highest BCUT2D eigenvalue weighted by molar-refractivity contribution is 8.28. The highest BCUT2D eigenvalue weighted by atomic mass is 32.2. The Balaban J connectivity index is 0.850. The number of rotatable bonds is 6. The summed E-state index contributed by atoms with van der Waals surface area (Å²) in [6, 6.07) is 38.9. The van der Waals surface area contributed by atoms with Crippen LogP contribution in [0.25, 0.3) is 28.0 Å². The molecule has 6 aromatic rings. The molecule has 3 aliphatic rings. The van der Waals surface area contributed by atoms with Gasteiger partial charge in [0.1, 0.15) is 20.2 Å². The Hall–Kier alpha value is -5.48. The average molecular weight is 797 g/mol. The zero-order valence-corrected chi connectivity index (χ0v) is 34.5. The zero-order valence-electron chi connectivity index (χ0n) is 32.0. The molecule has 0 saturated carbocycles. The van der Waals surface area contributed by atoms with Gasteiger partial charge >= 0.3 is 0 Å². The summed E-state index contributed by atoms with van der Waals surface area (Å²) in [7, 11) is 0. The van der Waals surface area contributed by atoms with Crippen molar-refractivity contribution in [1.82, 2.24) is 9.97 Å². The number of nitrogens with zero attached hydrogens (tertiary/aromatic N) is 2. The van der Waals surface area contributed by atoms with Crippen LogP contribution in [0.15, 0.2) is 133 Å². The van der Waals surface area contributed by atoms with Gasteiger partial charge in [-0.1, -0.05) is 118 Å². The standard InChI is InChI=1S/C48H40N6S3/c1-47(2)33-13-7-5-11-29(33)31-21-19-27(25-35(31)47)37-15-9-17-39(53-37)43(49)56-45(51)41-23-24-42(55-41)46(52)57-44(50)40-18-10-16-38(54-40)28-20-22-32-30-12-6-8-14-34(30)48(3,4)36(32)26-28/h5-21,23-26,32,49-52H,22H2,1-4H3. The van der Waals surface area contributed by atoms with Crippen LogP contribution in [0.3, 0.4) is 0 Å². The van der Waals surface area contributed by atoms with E-state index in [0.717, 1.165) is 52.5 Å². The van der Waals surface area contributed by atoms with Crippen LogP contribution in [0.1, 0.15) is 89.1 Å². The maximum absolute atomic E-state index is 8.88. The number of fused-ring (bicyclic) bond motifs is 6. The smallest absolute Gasteiger partial charge is 0.119 e. The Morgan fingerprint density at radius 2 is 1.19 bits per heavy atom. The summed E-state index contributed by atoms with van der Waals surface area (Å²) in [5, 5.41) is 36.3. The van der Waals surface area contributed by atoms with Gasteiger partial charge < -0.3 is 0 Å². The van der Waals surface area contributed by atoms with E-state index in [9.17, 15) is 0 Å². The van der Waals surface area contributed by atoms with Crippen molar-refractivity contribution in [2.24, 2.45) is 0 Å². The summed E-state index contributed by atoms with van der Waals surface area (Å²) in [5.74, 6) is 0.384.